The van der Waals surface area contributed by atoms with Crippen LogP contribution < -0.4 is 5.32 Å². The first-order chi connectivity index (χ1) is 9.31. The van der Waals surface area contributed by atoms with Crippen molar-refractivity contribution < 1.29 is 4.52 Å². The summed E-state index contributed by atoms with van der Waals surface area (Å²) in [5.41, 5.74) is 2.01. The summed E-state index contributed by atoms with van der Waals surface area (Å²) >= 11 is 0. The summed E-state index contributed by atoms with van der Waals surface area (Å²) in [7, 11) is 0. The largest absolute Gasteiger partial charge is 0.360 e. The Bertz CT molecular complexity index is 525. The number of nitrogens with one attached hydrogen (secondary N) is 1. The predicted molar refractivity (Wildman–Crippen MR) is 71.5 cm³/mol. The lowest BCUT2D eigenvalue weighted by atomic mass is 10.3. The summed E-state index contributed by atoms with van der Waals surface area (Å²) in [6.45, 7) is 3.38. The van der Waals surface area contributed by atoms with Crippen molar-refractivity contribution in [2.75, 3.05) is 0 Å². The fraction of sp³-hybridized carbons (Fsp3) is 0.571. The Balaban J connectivity index is 1.50. The molecular weight excluding hydrogens is 240 g/mol. The Hall–Kier alpha value is -1.62. The van der Waals surface area contributed by atoms with Gasteiger partial charge in [-0.15, -0.1) is 0 Å². The van der Waals surface area contributed by atoms with Crippen LogP contribution in [0.15, 0.2) is 22.9 Å². The van der Waals surface area contributed by atoms with Gasteiger partial charge in [0.25, 0.3) is 0 Å². The maximum Gasteiger partial charge on any atom is 0.150 e. The molecule has 0 spiro atoms. The Labute approximate surface area is 113 Å². The Morgan fingerprint density at radius 2 is 2.21 bits per heavy atom. The topological polar surface area (TPSA) is 55.9 Å². The van der Waals surface area contributed by atoms with Crippen molar-refractivity contribution in [3.8, 4) is 0 Å². The number of aryl methyl sites for hydroxylation is 1. The quantitative estimate of drug-likeness (QED) is 0.897. The van der Waals surface area contributed by atoms with Crippen molar-refractivity contribution in [3.05, 3.63) is 35.5 Å². The van der Waals surface area contributed by atoms with Crippen molar-refractivity contribution in [2.45, 2.75) is 51.7 Å². The molecule has 0 amide bonds. The van der Waals surface area contributed by atoms with Crippen LogP contribution in [0.1, 0.15) is 48.9 Å². The molecule has 1 saturated carbocycles. The van der Waals surface area contributed by atoms with E-state index in [0.717, 1.165) is 23.7 Å². The summed E-state index contributed by atoms with van der Waals surface area (Å²) < 4.78 is 7.28. The lowest BCUT2D eigenvalue weighted by Gasteiger charge is -2.08. The molecule has 19 heavy (non-hydrogen) atoms. The number of nitrogens with zero attached hydrogens (tertiary/aromatic N) is 3. The molecular formula is C14H20N4O. The van der Waals surface area contributed by atoms with E-state index in [1.165, 1.54) is 25.7 Å². The standard InChI is InChI=1S/C14H20N4O/c1-11-8-14(19-17-11)10-15-9-12-6-7-18(16-12)13-4-2-3-5-13/h6-8,13,15H,2-5,9-10H2,1H3. The smallest absolute Gasteiger partial charge is 0.150 e. The first-order valence-corrected chi connectivity index (χ1v) is 6.98. The van der Waals surface area contributed by atoms with Gasteiger partial charge in [-0.2, -0.15) is 5.10 Å². The van der Waals surface area contributed by atoms with Crippen molar-refractivity contribution in [3.63, 3.8) is 0 Å². The Morgan fingerprint density at radius 3 is 2.95 bits per heavy atom. The molecule has 1 N–H and O–H groups in total. The minimum absolute atomic E-state index is 0.616. The van der Waals surface area contributed by atoms with Crippen molar-refractivity contribution in [1.82, 2.24) is 20.3 Å². The zero-order valence-corrected chi connectivity index (χ0v) is 11.3. The lowest BCUT2D eigenvalue weighted by Crippen LogP contribution is -2.13. The van der Waals surface area contributed by atoms with Gasteiger partial charge in [0.2, 0.25) is 0 Å². The molecule has 0 saturated heterocycles. The van der Waals surface area contributed by atoms with E-state index in [0.29, 0.717) is 12.6 Å². The zero-order chi connectivity index (χ0) is 13.1. The van der Waals surface area contributed by atoms with Crippen LogP contribution in [0, 0.1) is 6.92 Å². The summed E-state index contributed by atoms with van der Waals surface area (Å²) in [5.74, 6) is 0.868. The van der Waals surface area contributed by atoms with E-state index in [1.54, 1.807) is 0 Å². The molecule has 1 aliphatic rings. The number of rotatable bonds is 5. The summed E-state index contributed by atoms with van der Waals surface area (Å²) in [6, 6.07) is 4.66. The molecule has 0 unspecified atom stereocenters. The first-order valence-electron chi connectivity index (χ1n) is 6.98. The van der Waals surface area contributed by atoms with Crippen LogP contribution in [-0.4, -0.2) is 14.9 Å². The molecule has 0 atom stereocenters. The number of hydrogen-bond donors (Lipinski definition) is 1. The third-order valence-electron chi connectivity index (χ3n) is 3.64. The third kappa shape index (κ3) is 3.04. The molecule has 1 fully saturated rings. The fourth-order valence-corrected chi connectivity index (χ4v) is 2.66. The highest BCUT2D eigenvalue weighted by Gasteiger charge is 2.17. The van der Waals surface area contributed by atoms with Crippen LogP contribution in [0.25, 0.3) is 0 Å². The molecule has 5 heteroatoms. The normalized spacial score (nSPS) is 16.3. The summed E-state index contributed by atoms with van der Waals surface area (Å²) in [6.07, 6.45) is 7.31. The van der Waals surface area contributed by atoms with E-state index in [9.17, 15) is 0 Å². The molecule has 1 aliphatic carbocycles. The third-order valence-corrected chi connectivity index (χ3v) is 3.64. The average molecular weight is 260 g/mol. The van der Waals surface area contributed by atoms with E-state index in [2.05, 4.69) is 32.5 Å². The van der Waals surface area contributed by atoms with Gasteiger partial charge in [0, 0.05) is 18.8 Å². The van der Waals surface area contributed by atoms with Crippen molar-refractivity contribution in [2.24, 2.45) is 0 Å². The van der Waals surface area contributed by atoms with Crippen LogP contribution in [0.4, 0.5) is 0 Å². The molecule has 2 aromatic heterocycles. The average Bonchev–Trinajstić information content (AvgIpc) is 3.09. The second-order valence-electron chi connectivity index (χ2n) is 5.26. The van der Waals surface area contributed by atoms with Crippen LogP contribution >= 0.6 is 0 Å². The monoisotopic (exact) mass is 260 g/mol. The minimum atomic E-state index is 0.616. The second kappa shape index (κ2) is 5.57. The summed E-state index contributed by atoms with van der Waals surface area (Å²) in [5, 5.41) is 11.8. The molecule has 102 valence electrons. The fourth-order valence-electron chi connectivity index (χ4n) is 2.66. The van der Waals surface area contributed by atoms with E-state index in [-0.39, 0.29) is 0 Å². The highest BCUT2D eigenvalue weighted by molar-refractivity contribution is 5.04. The van der Waals surface area contributed by atoms with E-state index >= 15 is 0 Å². The van der Waals surface area contributed by atoms with Gasteiger partial charge in [0.1, 0.15) is 0 Å². The van der Waals surface area contributed by atoms with Gasteiger partial charge >= 0.3 is 0 Å². The molecule has 3 rings (SSSR count). The second-order valence-corrected chi connectivity index (χ2v) is 5.26. The SMILES string of the molecule is Cc1cc(CNCc2ccn(C3CCCC3)n2)on1. The number of aromatic nitrogens is 3. The molecule has 0 aromatic carbocycles. The molecule has 0 radical (unpaired) electrons. The summed E-state index contributed by atoms with van der Waals surface area (Å²) in [4.78, 5) is 0. The molecule has 2 aromatic rings. The minimum Gasteiger partial charge on any atom is -0.360 e. The highest BCUT2D eigenvalue weighted by atomic mass is 16.5. The van der Waals surface area contributed by atoms with Crippen LogP contribution in [-0.2, 0) is 13.1 Å². The predicted octanol–water partition coefficient (Wildman–Crippen LogP) is 2.58. The van der Waals surface area contributed by atoms with Crippen molar-refractivity contribution >= 4 is 0 Å². The van der Waals surface area contributed by atoms with Crippen LogP contribution in [0.2, 0.25) is 0 Å². The molecule has 2 heterocycles. The number of hydrogen-bond acceptors (Lipinski definition) is 4. The van der Waals surface area contributed by atoms with Gasteiger partial charge in [0.05, 0.1) is 24.0 Å². The van der Waals surface area contributed by atoms with Crippen LogP contribution in [0.3, 0.4) is 0 Å². The van der Waals surface area contributed by atoms with Crippen LogP contribution in [0.5, 0.6) is 0 Å². The van der Waals surface area contributed by atoms with Gasteiger partial charge in [-0.05, 0) is 25.8 Å². The first kappa shape index (κ1) is 12.4. The lowest BCUT2D eigenvalue weighted by molar-refractivity contribution is 0.369. The van der Waals surface area contributed by atoms with E-state index < -0.39 is 0 Å². The van der Waals surface area contributed by atoms with Gasteiger partial charge < -0.3 is 9.84 Å². The zero-order valence-electron chi connectivity index (χ0n) is 11.3. The Morgan fingerprint density at radius 1 is 1.37 bits per heavy atom. The van der Waals surface area contributed by atoms with Gasteiger partial charge in [-0.3, -0.25) is 4.68 Å². The van der Waals surface area contributed by atoms with Gasteiger partial charge in [-0.25, -0.2) is 0 Å². The molecule has 0 bridgehead atoms. The van der Waals surface area contributed by atoms with Gasteiger partial charge in [-0.1, -0.05) is 18.0 Å². The van der Waals surface area contributed by atoms with E-state index in [1.807, 2.05) is 13.0 Å². The highest BCUT2D eigenvalue weighted by Crippen LogP contribution is 2.28. The van der Waals surface area contributed by atoms with Crippen molar-refractivity contribution in [1.29, 1.82) is 0 Å². The van der Waals surface area contributed by atoms with Gasteiger partial charge in [0.15, 0.2) is 5.76 Å². The van der Waals surface area contributed by atoms with E-state index in [4.69, 9.17) is 4.52 Å². The Kier molecular flexibility index (Phi) is 3.64. The molecule has 5 nitrogen and oxygen atoms in total. The maximum atomic E-state index is 5.15. The molecule has 0 aliphatic heterocycles. The maximum absolute atomic E-state index is 5.15.